The van der Waals surface area contributed by atoms with Crippen LogP contribution in [0.4, 0.5) is 5.69 Å². The molecule has 2 aromatic carbocycles. The number of methoxy groups -OCH3 is 1. The van der Waals surface area contributed by atoms with Gasteiger partial charge in [-0.15, -0.1) is 0 Å². The summed E-state index contributed by atoms with van der Waals surface area (Å²) in [6, 6.07) is 10.1. The summed E-state index contributed by atoms with van der Waals surface area (Å²) in [5.74, 6) is 0.197. The molecule has 0 aliphatic heterocycles. The van der Waals surface area contributed by atoms with Crippen LogP contribution >= 0.6 is 27.5 Å². The minimum absolute atomic E-state index is 0.132. The van der Waals surface area contributed by atoms with E-state index in [4.69, 9.17) is 26.8 Å². The molecule has 110 valence electrons. The highest BCUT2D eigenvalue weighted by molar-refractivity contribution is 9.10. The quantitative estimate of drug-likeness (QED) is 0.651. The van der Waals surface area contributed by atoms with E-state index in [0.29, 0.717) is 16.5 Å². The van der Waals surface area contributed by atoms with Gasteiger partial charge in [-0.3, -0.25) is 0 Å². The lowest BCUT2D eigenvalue weighted by atomic mass is 10.2. The van der Waals surface area contributed by atoms with Crippen molar-refractivity contribution in [1.29, 1.82) is 0 Å². The SMILES string of the molecule is COc1ccc(COC(=O)c2cc(N)ccc2Cl)cc1Br. The van der Waals surface area contributed by atoms with Crippen LogP contribution in [0.2, 0.25) is 5.02 Å². The Bertz CT molecular complexity index is 676. The van der Waals surface area contributed by atoms with E-state index in [0.717, 1.165) is 10.0 Å². The lowest BCUT2D eigenvalue weighted by Gasteiger charge is -2.09. The maximum Gasteiger partial charge on any atom is 0.340 e. The van der Waals surface area contributed by atoms with Gasteiger partial charge in [0.05, 0.1) is 22.2 Å². The van der Waals surface area contributed by atoms with E-state index in [1.165, 1.54) is 6.07 Å². The summed E-state index contributed by atoms with van der Waals surface area (Å²) in [6.45, 7) is 0.132. The fourth-order valence-corrected chi connectivity index (χ4v) is 2.51. The Kier molecular flexibility index (Phi) is 5.09. The van der Waals surface area contributed by atoms with Crippen molar-refractivity contribution in [2.45, 2.75) is 6.61 Å². The molecule has 0 aliphatic carbocycles. The van der Waals surface area contributed by atoms with Crippen LogP contribution in [0.3, 0.4) is 0 Å². The lowest BCUT2D eigenvalue weighted by molar-refractivity contribution is 0.0473. The van der Waals surface area contributed by atoms with Crippen molar-refractivity contribution in [3.8, 4) is 5.75 Å². The summed E-state index contributed by atoms with van der Waals surface area (Å²) in [4.78, 5) is 12.0. The molecule has 2 N–H and O–H groups in total. The molecule has 2 rings (SSSR count). The van der Waals surface area contributed by atoms with Gasteiger partial charge in [-0.25, -0.2) is 4.79 Å². The standard InChI is InChI=1S/C15H13BrClNO3/c1-20-14-5-2-9(6-12(14)16)8-21-15(19)11-7-10(18)3-4-13(11)17/h2-7H,8,18H2,1H3. The minimum atomic E-state index is -0.515. The molecule has 0 heterocycles. The Morgan fingerprint density at radius 1 is 1.29 bits per heavy atom. The first-order valence-corrected chi connectivity index (χ1v) is 7.23. The van der Waals surface area contributed by atoms with E-state index >= 15 is 0 Å². The maximum atomic E-state index is 12.0. The van der Waals surface area contributed by atoms with Crippen molar-refractivity contribution < 1.29 is 14.3 Å². The highest BCUT2D eigenvalue weighted by atomic mass is 79.9. The van der Waals surface area contributed by atoms with Gasteiger partial charge in [-0.05, 0) is 51.8 Å². The number of hydrogen-bond donors (Lipinski definition) is 1. The summed E-state index contributed by atoms with van der Waals surface area (Å²) >= 11 is 9.33. The second-order valence-electron chi connectivity index (χ2n) is 4.28. The van der Waals surface area contributed by atoms with E-state index in [1.54, 1.807) is 25.3 Å². The average molecular weight is 371 g/mol. The van der Waals surface area contributed by atoms with E-state index in [1.807, 2.05) is 12.1 Å². The first kappa shape index (κ1) is 15.7. The highest BCUT2D eigenvalue weighted by Gasteiger charge is 2.13. The molecular weight excluding hydrogens is 358 g/mol. The van der Waals surface area contributed by atoms with E-state index < -0.39 is 5.97 Å². The van der Waals surface area contributed by atoms with Crippen LogP contribution in [-0.2, 0) is 11.3 Å². The summed E-state index contributed by atoms with van der Waals surface area (Å²) in [6.07, 6.45) is 0. The van der Waals surface area contributed by atoms with Crippen LogP contribution in [0.5, 0.6) is 5.75 Å². The van der Waals surface area contributed by atoms with Gasteiger partial charge in [0.15, 0.2) is 0 Å². The molecule has 0 aliphatic rings. The molecule has 0 fully saturated rings. The maximum absolute atomic E-state index is 12.0. The largest absolute Gasteiger partial charge is 0.496 e. The monoisotopic (exact) mass is 369 g/mol. The topological polar surface area (TPSA) is 61.5 Å². The number of nitrogen functional groups attached to an aromatic ring is 1. The average Bonchev–Trinajstić information content (AvgIpc) is 2.47. The predicted octanol–water partition coefficient (Wildman–Crippen LogP) is 4.05. The summed E-state index contributed by atoms with van der Waals surface area (Å²) < 4.78 is 11.2. The zero-order valence-corrected chi connectivity index (χ0v) is 13.6. The molecule has 0 saturated carbocycles. The second kappa shape index (κ2) is 6.83. The molecule has 0 aromatic heterocycles. The number of nitrogens with two attached hydrogens (primary N) is 1. The van der Waals surface area contributed by atoms with Gasteiger partial charge in [0.1, 0.15) is 12.4 Å². The van der Waals surface area contributed by atoms with Crippen molar-refractivity contribution in [2.75, 3.05) is 12.8 Å². The molecule has 21 heavy (non-hydrogen) atoms. The number of carbonyl (C=O) groups is 1. The number of hydrogen-bond acceptors (Lipinski definition) is 4. The van der Waals surface area contributed by atoms with E-state index in [2.05, 4.69) is 15.9 Å². The third kappa shape index (κ3) is 3.89. The Balaban J connectivity index is 2.07. The number of benzene rings is 2. The van der Waals surface area contributed by atoms with Gasteiger partial charge in [0.2, 0.25) is 0 Å². The second-order valence-corrected chi connectivity index (χ2v) is 5.55. The summed E-state index contributed by atoms with van der Waals surface area (Å²) in [5.41, 5.74) is 7.18. The number of ether oxygens (including phenoxy) is 2. The van der Waals surface area contributed by atoms with Crippen molar-refractivity contribution in [2.24, 2.45) is 0 Å². The van der Waals surface area contributed by atoms with Crippen LogP contribution in [-0.4, -0.2) is 13.1 Å². The molecular formula is C15H13BrClNO3. The first-order chi connectivity index (χ1) is 10.0. The number of carbonyl (C=O) groups excluding carboxylic acids is 1. The Labute approximate surface area is 135 Å². The molecule has 0 unspecified atom stereocenters. The van der Waals surface area contributed by atoms with Crippen molar-refractivity contribution in [3.05, 3.63) is 57.0 Å². The van der Waals surface area contributed by atoms with E-state index in [-0.39, 0.29) is 12.2 Å². The van der Waals surface area contributed by atoms with Gasteiger partial charge < -0.3 is 15.2 Å². The molecule has 0 spiro atoms. The third-order valence-corrected chi connectivity index (χ3v) is 3.75. The lowest BCUT2D eigenvalue weighted by Crippen LogP contribution is -2.06. The van der Waals surface area contributed by atoms with E-state index in [9.17, 15) is 4.79 Å². The van der Waals surface area contributed by atoms with Crippen LogP contribution in [0.15, 0.2) is 40.9 Å². The molecule has 0 atom stereocenters. The number of rotatable bonds is 4. The highest BCUT2D eigenvalue weighted by Crippen LogP contribution is 2.26. The molecule has 0 saturated heterocycles. The Morgan fingerprint density at radius 3 is 2.71 bits per heavy atom. The van der Waals surface area contributed by atoms with Crippen LogP contribution in [0, 0.1) is 0 Å². The van der Waals surface area contributed by atoms with Gasteiger partial charge in [0.25, 0.3) is 0 Å². The van der Waals surface area contributed by atoms with Crippen molar-refractivity contribution in [1.82, 2.24) is 0 Å². The molecule has 6 heteroatoms. The zero-order valence-electron chi connectivity index (χ0n) is 11.2. The Hall–Kier alpha value is -1.72. The van der Waals surface area contributed by atoms with Crippen LogP contribution in [0.25, 0.3) is 0 Å². The zero-order chi connectivity index (χ0) is 15.4. The van der Waals surface area contributed by atoms with Gasteiger partial charge in [0, 0.05) is 5.69 Å². The molecule has 0 radical (unpaired) electrons. The number of halogens is 2. The Morgan fingerprint density at radius 2 is 2.05 bits per heavy atom. The first-order valence-electron chi connectivity index (χ1n) is 6.06. The number of anilines is 1. The summed E-state index contributed by atoms with van der Waals surface area (Å²) in [5, 5.41) is 0.310. The number of esters is 1. The summed E-state index contributed by atoms with van der Waals surface area (Å²) in [7, 11) is 1.58. The normalized spacial score (nSPS) is 10.2. The minimum Gasteiger partial charge on any atom is -0.496 e. The van der Waals surface area contributed by atoms with Crippen LogP contribution in [0.1, 0.15) is 15.9 Å². The molecule has 0 bridgehead atoms. The van der Waals surface area contributed by atoms with Crippen molar-refractivity contribution in [3.63, 3.8) is 0 Å². The smallest absolute Gasteiger partial charge is 0.340 e. The van der Waals surface area contributed by atoms with Gasteiger partial charge in [-0.1, -0.05) is 17.7 Å². The van der Waals surface area contributed by atoms with Crippen LogP contribution < -0.4 is 10.5 Å². The molecule has 0 amide bonds. The fourth-order valence-electron chi connectivity index (χ4n) is 1.73. The van der Waals surface area contributed by atoms with Gasteiger partial charge in [-0.2, -0.15) is 0 Å². The third-order valence-electron chi connectivity index (χ3n) is 2.80. The van der Waals surface area contributed by atoms with Gasteiger partial charge >= 0.3 is 5.97 Å². The molecule has 2 aromatic rings. The molecule has 4 nitrogen and oxygen atoms in total. The predicted molar refractivity (Wildman–Crippen MR) is 85.7 cm³/mol. The van der Waals surface area contributed by atoms with Crippen molar-refractivity contribution >= 4 is 39.2 Å². The fraction of sp³-hybridized carbons (Fsp3) is 0.133.